The fraction of sp³-hybridized carbons (Fsp3) is 0.312. The number of aryl methyl sites for hydroxylation is 2. The average Bonchev–Trinajstić information content (AvgIpc) is 2.47. The van der Waals surface area contributed by atoms with Gasteiger partial charge in [-0.15, -0.1) is 0 Å². The van der Waals surface area contributed by atoms with Crippen LogP contribution in [0.15, 0.2) is 30.7 Å². The van der Waals surface area contributed by atoms with Gasteiger partial charge in [0.1, 0.15) is 0 Å². The Bertz CT molecular complexity index is 624. The molecule has 0 atom stereocenters. The summed E-state index contributed by atoms with van der Waals surface area (Å²) in [5, 5.41) is 0. The van der Waals surface area contributed by atoms with Crippen LogP contribution in [0.4, 0.5) is 0 Å². The molecule has 0 unspecified atom stereocenters. The van der Waals surface area contributed by atoms with Crippen molar-refractivity contribution in [2.24, 2.45) is 0 Å². The third kappa shape index (κ3) is 2.85. The fourth-order valence-corrected chi connectivity index (χ4v) is 2.13. The number of hydrogen-bond acceptors (Lipinski definition) is 4. The third-order valence-corrected chi connectivity index (χ3v) is 3.30. The molecule has 104 valence electrons. The van der Waals surface area contributed by atoms with Gasteiger partial charge in [0.15, 0.2) is 0 Å². The Morgan fingerprint density at radius 3 is 2.70 bits per heavy atom. The van der Waals surface area contributed by atoms with E-state index in [0.29, 0.717) is 11.4 Å². The molecular formula is C16H18N2O2. The van der Waals surface area contributed by atoms with E-state index in [0.717, 1.165) is 29.5 Å². The van der Waals surface area contributed by atoms with Crippen molar-refractivity contribution in [2.75, 3.05) is 0 Å². The largest absolute Gasteiger partial charge is 0.404 e. The Morgan fingerprint density at radius 2 is 2.00 bits per heavy atom. The van der Waals surface area contributed by atoms with Crippen LogP contribution in [0.25, 0.3) is 0 Å². The van der Waals surface area contributed by atoms with Crippen LogP contribution in [-0.2, 0) is 12.8 Å². The van der Waals surface area contributed by atoms with E-state index >= 15 is 0 Å². The first-order valence-corrected chi connectivity index (χ1v) is 6.76. The smallest absolute Gasteiger partial charge is 0.345 e. The molecule has 4 nitrogen and oxygen atoms in total. The maximum atomic E-state index is 12.3. The van der Waals surface area contributed by atoms with E-state index in [1.54, 1.807) is 24.7 Å². The highest BCUT2D eigenvalue weighted by molar-refractivity contribution is 5.92. The van der Waals surface area contributed by atoms with Gasteiger partial charge in [-0.2, -0.15) is 0 Å². The molecule has 0 amide bonds. The summed E-state index contributed by atoms with van der Waals surface area (Å²) < 4.78 is 5.47. The summed E-state index contributed by atoms with van der Waals surface area (Å²) in [6.07, 6.45) is 6.46. The van der Waals surface area contributed by atoms with Crippen molar-refractivity contribution in [3.63, 3.8) is 0 Å². The average molecular weight is 270 g/mol. The normalized spacial score (nSPS) is 10.3. The number of carbonyl (C=O) groups excluding carboxylic acids is 1. The number of pyridine rings is 2. The molecule has 0 aromatic carbocycles. The summed E-state index contributed by atoms with van der Waals surface area (Å²) >= 11 is 0. The second-order valence-corrected chi connectivity index (χ2v) is 4.54. The van der Waals surface area contributed by atoms with Crippen molar-refractivity contribution in [2.45, 2.75) is 33.6 Å². The van der Waals surface area contributed by atoms with Crippen LogP contribution in [0.2, 0.25) is 0 Å². The van der Waals surface area contributed by atoms with Crippen molar-refractivity contribution >= 4 is 5.97 Å². The predicted molar refractivity (Wildman–Crippen MR) is 76.9 cm³/mol. The number of aromatic nitrogens is 2. The number of ether oxygens (including phenoxy) is 1. The standard InChI is InChI=1S/C16H18N2O2/c1-4-12-10-17-8-7-14(12)16(19)20-15-13(5-2)11(3)6-9-18-15/h6-10H,4-5H2,1-3H3. The minimum absolute atomic E-state index is 0.378. The van der Waals surface area contributed by atoms with Crippen LogP contribution in [0.1, 0.15) is 40.9 Å². The molecule has 0 aliphatic carbocycles. The summed E-state index contributed by atoms with van der Waals surface area (Å²) in [6, 6.07) is 3.60. The molecule has 2 aromatic heterocycles. The first kappa shape index (κ1) is 14.2. The minimum Gasteiger partial charge on any atom is -0.404 e. The van der Waals surface area contributed by atoms with Crippen molar-refractivity contribution in [3.8, 4) is 5.88 Å². The summed E-state index contributed by atoms with van der Waals surface area (Å²) in [7, 11) is 0. The van der Waals surface area contributed by atoms with Gasteiger partial charge < -0.3 is 4.74 Å². The maximum absolute atomic E-state index is 12.3. The lowest BCUT2D eigenvalue weighted by Gasteiger charge is -2.11. The second-order valence-electron chi connectivity index (χ2n) is 4.54. The zero-order valence-electron chi connectivity index (χ0n) is 12.0. The second kappa shape index (κ2) is 6.28. The Balaban J connectivity index is 2.31. The third-order valence-electron chi connectivity index (χ3n) is 3.30. The van der Waals surface area contributed by atoms with Crippen molar-refractivity contribution in [1.82, 2.24) is 9.97 Å². The van der Waals surface area contributed by atoms with Crippen molar-refractivity contribution in [1.29, 1.82) is 0 Å². The number of hydrogen-bond donors (Lipinski definition) is 0. The maximum Gasteiger partial charge on any atom is 0.345 e. The van der Waals surface area contributed by atoms with E-state index in [4.69, 9.17) is 4.74 Å². The van der Waals surface area contributed by atoms with Gasteiger partial charge in [-0.25, -0.2) is 9.78 Å². The molecule has 2 aromatic rings. The van der Waals surface area contributed by atoms with E-state index < -0.39 is 0 Å². The molecule has 2 heterocycles. The molecule has 0 fully saturated rings. The van der Waals surface area contributed by atoms with Crippen LogP contribution >= 0.6 is 0 Å². The van der Waals surface area contributed by atoms with Crippen LogP contribution in [0, 0.1) is 6.92 Å². The van der Waals surface area contributed by atoms with Gasteiger partial charge >= 0.3 is 5.97 Å². The Kier molecular flexibility index (Phi) is 4.45. The highest BCUT2D eigenvalue weighted by Gasteiger charge is 2.16. The Morgan fingerprint density at radius 1 is 1.20 bits per heavy atom. The van der Waals surface area contributed by atoms with Gasteiger partial charge in [-0.3, -0.25) is 4.98 Å². The Hall–Kier alpha value is -2.23. The van der Waals surface area contributed by atoms with E-state index in [9.17, 15) is 4.79 Å². The fourth-order valence-electron chi connectivity index (χ4n) is 2.13. The van der Waals surface area contributed by atoms with Gasteiger partial charge in [-0.05, 0) is 43.0 Å². The molecule has 20 heavy (non-hydrogen) atoms. The minimum atomic E-state index is -0.378. The molecule has 0 radical (unpaired) electrons. The first-order valence-electron chi connectivity index (χ1n) is 6.76. The van der Waals surface area contributed by atoms with E-state index in [1.165, 1.54) is 0 Å². The molecule has 4 heteroatoms. The molecule has 0 spiro atoms. The molecule has 0 aliphatic rings. The van der Waals surface area contributed by atoms with E-state index in [2.05, 4.69) is 9.97 Å². The molecule has 0 saturated carbocycles. The summed E-state index contributed by atoms with van der Waals surface area (Å²) in [4.78, 5) is 20.5. The van der Waals surface area contributed by atoms with Crippen LogP contribution < -0.4 is 4.74 Å². The van der Waals surface area contributed by atoms with Crippen LogP contribution in [0.3, 0.4) is 0 Å². The van der Waals surface area contributed by atoms with Gasteiger partial charge in [0, 0.05) is 24.2 Å². The number of esters is 1. The highest BCUT2D eigenvalue weighted by atomic mass is 16.5. The topological polar surface area (TPSA) is 52.1 Å². The van der Waals surface area contributed by atoms with E-state index in [1.807, 2.05) is 26.8 Å². The van der Waals surface area contributed by atoms with Crippen LogP contribution in [-0.4, -0.2) is 15.9 Å². The molecule has 0 bridgehead atoms. The van der Waals surface area contributed by atoms with Gasteiger partial charge in [0.2, 0.25) is 5.88 Å². The number of carbonyl (C=O) groups is 1. The zero-order chi connectivity index (χ0) is 14.5. The monoisotopic (exact) mass is 270 g/mol. The van der Waals surface area contributed by atoms with Gasteiger partial charge in [-0.1, -0.05) is 13.8 Å². The summed E-state index contributed by atoms with van der Waals surface area (Å²) in [5.74, 6) is 0.0217. The van der Waals surface area contributed by atoms with Gasteiger partial charge in [0.05, 0.1) is 5.56 Å². The molecule has 2 rings (SSSR count). The lowest BCUT2D eigenvalue weighted by Crippen LogP contribution is -2.13. The quantitative estimate of drug-likeness (QED) is 0.801. The van der Waals surface area contributed by atoms with E-state index in [-0.39, 0.29) is 5.97 Å². The SMILES string of the molecule is CCc1cnccc1C(=O)Oc1nccc(C)c1CC. The molecule has 0 aliphatic heterocycles. The summed E-state index contributed by atoms with van der Waals surface area (Å²) in [5.41, 5.74) is 3.47. The molecule has 0 saturated heterocycles. The molecular weight excluding hydrogens is 252 g/mol. The van der Waals surface area contributed by atoms with Gasteiger partial charge in [0.25, 0.3) is 0 Å². The van der Waals surface area contributed by atoms with Crippen LogP contribution in [0.5, 0.6) is 5.88 Å². The highest BCUT2D eigenvalue weighted by Crippen LogP contribution is 2.21. The van der Waals surface area contributed by atoms with Crippen molar-refractivity contribution in [3.05, 3.63) is 53.0 Å². The number of rotatable bonds is 4. The Labute approximate surface area is 118 Å². The zero-order valence-corrected chi connectivity index (χ0v) is 12.0. The predicted octanol–water partition coefficient (Wildman–Crippen LogP) is 3.13. The first-order chi connectivity index (χ1) is 9.67. The molecule has 0 N–H and O–H groups in total. The van der Waals surface area contributed by atoms with Crippen molar-refractivity contribution < 1.29 is 9.53 Å². The summed E-state index contributed by atoms with van der Waals surface area (Å²) in [6.45, 7) is 5.99. The lowest BCUT2D eigenvalue weighted by molar-refractivity contribution is 0.0724. The lowest BCUT2D eigenvalue weighted by atomic mass is 10.1. The number of nitrogens with zero attached hydrogens (tertiary/aromatic N) is 2.